The minimum Gasteiger partial charge on any atom is -0.326 e. The van der Waals surface area contributed by atoms with Crippen molar-refractivity contribution in [2.45, 2.75) is 13.8 Å². The highest BCUT2D eigenvalue weighted by Gasteiger charge is 2.13. The molecule has 0 aliphatic heterocycles. The fourth-order valence-corrected chi connectivity index (χ4v) is 2.62. The van der Waals surface area contributed by atoms with E-state index in [4.69, 9.17) is 0 Å². The van der Waals surface area contributed by atoms with E-state index in [-0.39, 0.29) is 5.88 Å². The van der Waals surface area contributed by atoms with Crippen molar-refractivity contribution >= 4 is 22.5 Å². The minimum atomic E-state index is -1.88. The number of anilines is 2. The number of rotatable bonds is 4. The van der Waals surface area contributed by atoms with Crippen molar-refractivity contribution in [3.05, 3.63) is 59.7 Å². The molecule has 0 saturated heterocycles. The Morgan fingerprint density at radius 3 is 2.37 bits per heavy atom. The van der Waals surface area contributed by atoms with Gasteiger partial charge in [-0.25, -0.2) is 4.21 Å². The molecule has 2 aromatic rings. The summed E-state index contributed by atoms with van der Waals surface area (Å²) in [6, 6.07) is 15.7. The van der Waals surface area contributed by atoms with Crippen LogP contribution in [0, 0.1) is 13.8 Å². The maximum atomic E-state index is 11.2. The van der Waals surface area contributed by atoms with Crippen LogP contribution in [0.4, 0.5) is 11.4 Å². The number of aryl methyl sites for hydroxylation is 2. The van der Waals surface area contributed by atoms with Crippen LogP contribution in [0.3, 0.4) is 0 Å². The zero-order valence-electron chi connectivity index (χ0n) is 11.0. The Balaban J connectivity index is 2.46. The Labute approximate surface area is 116 Å². The molecule has 1 N–H and O–H groups in total. The van der Waals surface area contributed by atoms with Gasteiger partial charge in [0.05, 0.1) is 0 Å². The van der Waals surface area contributed by atoms with Crippen LogP contribution in [0.1, 0.15) is 11.1 Å². The van der Waals surface area contributed by atoms with Crippen molar-refractivity contribution in [2.24, 2.45) is 0 Å². The largest absolute Gasteiger partial charge is 0.326 e. The number of hydrogen-bond donors (Lipinski definition) is 1. The van der Waals surface area contributed by atoms with E-state index in [1.807, 2.05) is 61.2 Å². The first-order chi connectivity index (χ1) is 9.08. The van der Waals surface area contributed by atoms with E-state index in [2.05, 4.69) is 6.07 Å². The lowest BCUT2D eigenvalue weighted by Gasteiger charge is -2.25. The molecule has 0 heterocycles. The first kappa shape index (κ1) is 13.8. The SMILES string of the molecule is Cc1ccc(N(CS(=O)O)c2ccccc2)c(C)c1. The third kappa shape index (κ3) is 3.43. The highest BCUT2D eigenvalue weighted by atomic mass is 32.2. The molecule has 1 atom stereocenters. The van der Waals surface area contributed by atoms with E-state index in [1.165, 1.54) is 5.56 Å². The molecule has 1 unspecified atom stereocenters. The van der Waals surface area contributed by atoms with E-state index < -0.39 is 11.1 Å². The molecule has 0 aliphatic carbocycles. The summed E-state index contributed by atoms with van der Waals surface area (Å²) in [7, 11) is 0. The maximum Gasteiger partial charge on any atom is 0.173 e. The Kier molecular flexibility index (Phi) is 4.35. The summed E-state index contributed by atoms with van der Waals surface area (Å²) in [6.45, 7) is 4.05. The third-order valence-electron chi connectivity index (χ3n) is 2.95. The topological polar surface area (TPSA) is 40.5 Å². The maximum absolute atomic E-state index is 11.2. The Hall–Kier alpha value is -1.65. The monoisotopic (exact) mass is 275 g/mol. The van der Waals surface area contributed by atoms with Gasteiger partial charge in [0.25, 0.3) is 0 Å². The van der Waals surface area contributed by atoms with E-state index in [0.717, 1.165) is 16.9 Å². The summed E-state index contributed by atoms with van der Waals surface area (Å²) in [5.74, 6) is 0.0634. The van der Waals surface area contributed by atoms with Crippen LogP contribution in [0.25, 0.3) is 0 Å². The smallest absolute Gasteiger partial charge is 0.173 e. The second kappa shape index (κ2) is 5.99. The van der Waals surface area contributed by atoms with E-state index >= 15 is 0 Å². The van der Waals surface area contributed by atoms with Crippen molar-refractivity contribution in [3.63, 3.8) is 0 Å². The molecule has 0 fully saturated rings. The Morgan fingerprint density at radius 2 is 1.79 bits per heavy atom. The Bertz CT molecular complexity index is 584. The summed E-state index contributed by atoms with van der Waals surface area (Å²) < 4.78 is 20.4. The molecular weight excluding hydrogens is 258 g/mol. The van der Waals surface area contributed by atoms with Gasteiger partial charge in [-0.2, -0.15) is 0 Å². The number of nitrogens with zero attached hydrogens (tertiary/aromatic N) is 1. The number of hydrogen-bond acceptors (Lipinski definition) is 2. The fraction of sp³-hybridized carbons (Fsp3) is 0.200. The standard InChI is InChI=1S/C15H17NO2S/c1-12-8-9-15(13(2)10-12)16(11-19(17)18)14-6-4-3-5-7-14/h3-10H,11H2,1-2H3,(H,17,18). The minimum absolute atomic E-state index is 0.0634. The molecule has 0 spiro atoms. The summed E-state index contributed by atoms with van der Waals surface area (Å²) in [5, 5.41) is 0. The lowest BCUT2D eigenvalue weighted by molar-refractivity contribution is 0.564. The molecule has 100 valence electrons. The molecule has 19 heavy (non-hydrogen) atoms. The van der Waals surface area contributed by atoms with Crippen LogP contribution < -0.4 is 4.90 Å². The summed E-state index contributed by atoms with van der Waals surface area (Å²) >= 11 is -1.88. The second-order valence-corrected chi connectivity index (χ2v) is 5.41. The van der Waals surface area contributed by atoms with Gasteiger partial charge in [0, 0.05) is 11.4 Å². The quantitative estimate of drug-likeness (QED) is 0.866. The average Bonchev–Trinajstić information content (AvgIpc) is 2.37. The molecule has 0 bridgehead atoms. The van der Waals surface area contributed by atoms with E-state index in [0.29, 0.717) is 0 Å². The van der Waals surface area contributed by atoms with E-state index in [9.17, 15) is 8.76 Å². The summed E-state index contributed by atoms with van der Waals surface area (Å²) in [6.07, 6.45) is 0. The highest BCUT2D eigenvalue weighted by Crippen LogP contribution is 2.28. The molecule has 4 heteroatoms. The number of benzene rings is 2. The van der Waals surface area contributed by atoms with Gasteiger partial charge in [0.15, 0.2) is 11.1 Å². The molecule has 0 radical (unpaired) electrons. The first-order valence-corrected chi connectivity index (χ1v) is 7.33. The van der Waals surface area contributed by atoms with Gasteiger partial charge in [-0.1, -0.05) is 35.9 Å². The molecule has 2 aromatic carbocycles. The van der Waals surface area contributed by atoms with Crippen LogP contribution >= 0.6 is 0 Å². The molecular formula is C15H17NO2S. The van der Waals surface area contributed by atoms with Gasteiger partial charge in [-0.3, -0.25) is 0 Å². The highest BCUT2D eigenvalue weighted by molar-refractivity contribution is 7.79. The van der Waals surface area contributed by atoms with Gasteiger partial charge in [0.1, 0.15) is 5.88 Å². The van der Waals surface area contributed by atoms with Crippen molar-refractivity contribution in [2.75, 3.05) is 10.8 Å². The first-order valence-electron chi connectivity index (χ1n) is 6.05. The normalized spacial score (nSPS) is 12.2. The van der Waals surface area contributed by atoms with Crippen molar-refractivity contribution in [1.82, 2.24) is 0 Å². The molecule has 0 saturated carbocycles. The lowest BCUT2D eigenvalue weighted by atomic mass is 10.1. The van der Waals surface area contributed by atoms with E-state index in [1.54, 1.807) is 0 Å². The van der Waals surface area contributed by atoms with Gasteiger partial charge >= 0.3 is 0 Å². The molecule has 3 nitrogen and oxygen atoms in total. The zero-order chi connectivity index (χ0) is 13.8. The number of para-hydroxylation sites is 1. The predicted molar refractivity (Wildman–Crippen MR) is 80.1 cm³/mol. The second-order valence-electron chi connectivity index (χ2n) is 4.50. The Morgan fingerprint density at radius 1 is 1.11 bits per heavy atom. The summed E-state index contributed by atoms with van der Waals surface area (Å²) in [5.41, 5.74) is 4.14. The molecule has 0 aromatic heterocycles. The average molecular weight is 275 g/mol. The van der Waals surface area contributed by atoms with Crippen molar-refractivity contribution in [1.29, 1.82) is 0 Å². The predicted octanol–water partition coefficient (Wildman–Crippen LogP) is 3.62. The van der Waals surface area contributed by atoms with Crippen molar-refractivity contribution in [3.8, 4) is 0 Å². The van der Waals surface area contributed by atoms with Crippen molar-refractivity contribution < 1.29 is 8.76 Å². The summed E-state index contributed by atoms with van der Waals surface area (Å²) in [4.78, 5) is 1.87. The molecule has 0 amide bonds. The van der Waals surface area contributed by atoms with Gasteiger partial charge in [-0.05, 0) is 37.6 Å². The van der Waals surface area contributed by atoms with Crippen LogP contribution in [-0.4, -0.2) is 14.6 Å². The molecule has 0 aliphatic rings. The fourth-order valence-electron chi connectivity index (χ4n) is 2.11. The third-order valence-corrected chi connectivity index (χ3v) is 3.43. The lowest BCUT2D eigenvalue weighted by Crippen LogP contribution is -2.22. The van der Waals surface area contributed by atoms with Gasteiger partial charge < -0.3 is 9.45 Å². The van der Waals surface area contributed by atoms with Crippen LogP contribution in [0.15, 0.2) is 48.5 Å². The molecule has 2 rings (SSSR count). The van der Waals surface area contributed by atoms with Crippen LogP contribution in [-0.2, 0) is 11.1 Å². The van der Waals surface area contributed by atoms with Gasteiger partial charge in [-0.15, -0.1) is 0 Å². The van der Waals surface area contributed by atoms with Crippen LogP contribution in [0.5, 0.6) is 0 Å². The van der Waals surface area contributed by atoms with Crippen LogP contribution in [0.2, 0.25) is 0 Å². The van der Waals surface area contributed by atoms with Gasteiger partial charge in [0.2, 0.25) is 0 Å². The zero-order valence-corrected chi connectivity index (χ0v) is 11.9.